The summed E-state index contributed by atoms with van der Waals surface area (Å²) in [6.07, 6.45) is 0. The zero-order valence-electron chi connectivity index (χ0n) is 11.0. The summed E-state index contributed by atoms with van der Waals surface area (Å²) in [7, 11) is 0. The van der Waals surface area contributed by atoms with E-state index in [1.807, 2.05) is 32.0 Å². The number of aromatic nitrogens is 3. The van der Waals surface area contributed by atoms with Gasteiger partial charge in [0.2, 0.25) is 5.28 Å². The molecular weight excluding hydrogens is 277 g/mol. The van der Waals surface area contributed by atoms with Crippen LogP contribution >= 0.6 is 11.6 Å². The summed E-state index contributed by atoms with van der Waals surface area (Å²) in [6.45, 7) is 3.70. The molecule has 0 fully saturated rings. The quantitative estimate of drug-likeness (QED) is 0.633. The molecule has 0 saturated carbocycles. The SMILES string of the molecule is Cc1ccc(-c2nc(Cl)nc3nc(C)ccc23)c(F)c1. The molecule has 1 aromatic carbocycles. The van der Waals surface area contributed by atoms with Gasteiger partial charge in [-0.25, -0.2) is 14.4 Å². The number of halogens is 2. The number of hydrogen-bond acceptors (Lipinski definition) is 3. The fourth-order valence-electron chi connectivity index (χ4n) is 2.10. The van der Waals surface area contributed by atoms with Crippen molar-refractivity contribution in [2.75, 3.05) is 0 Å². The molecule has 3 nitrogen and oxygen atoms in total. The average Bonchev–Trinajstić information content (AvgIpc) is 2.37. The molecule has 5 heteroatoms. The molecule has 0 bridgehead atoms. The van der Waals surface area contributed by atoms with Crippen LogP contribution in [0.3, 0.4) is 0 Å². The lowest BCUT2D eigenvalue weighted by Crippen LogP contribution is -1.96. The molecule has 3 rings (SSSR count). The summed E-state index contributed by atoms with van der Waals surface area (Å²) in [6, 6.07) is 8.68. The van der Waals surface area contributed by atoms with E-state index in [2.05, 4.69) is 15.0 Å². The first kappa shape index (κ1) is 12.9. The number of nitrogens with zero attached hydrogens (tertiary/aromatic N) is 3. The summed E-state index contributed by atoms with van der Waals surface area (Å²) < 4.78 is 14.2. The fraction of sp³-hybridized carbons (Fsp3) is 0.133. The highest BCUT2D eigenvalue weighted by Gasteiger charge is 2.13. The highest BCUT2D eigenvalue weighted by molar-refractivity contribution is 6.28. The molecule has 0 N–H and O–H groups in total. The lowest BCUT2D eigenvalue weighted by atomic mass is 10.1. The van der Waals surface area contributed by atoms with Gasteiger partial charge >= 0.3 is 0 Å². The van der Waals surface area contributed by atoms with Crippen molar-refractivity contribution >= 4 is 22.6 Å². The first-order valence-electron chi connectivity index (χ1n) is 6.12. The summed E-state index contributed by atoms with van der Waals surface area (Å²) in [5.41, 5.74) is 3.01. The van der Waals surface area contributed by atoms with Crippen LogP contribution in [0.1, 0.15) is 11.3 Å². The molecule has 0 aliphatic carbocycles. The third kappa shape index (κ3) is 2.23. The molecule has 0 radical (unpaired) electrons. The van der Waals surface area contributed by atoms with E-state index in [1.165, 1.54) is 6.07 Å². The molecule has 0 aliphatic rings. The van der Waals surface area contributed by atoms with Crippen LogP contribution in [0.15, 0.2) is 30.3 Å². The van der Waals surface area contributed by atoms with Gasteiger partial charge < -0.3 is 0 Å². The third-order valence-electron chi connectivity index (χ3n) is 3.05. The second kappa shape index (κ2) is 4.80. The standard InChI is InChI=1S/C15H11ClFN3/c1-8-3-5-10(12(17)7-8)13-11-6-4-9(2)18-14(11)20-15(16)19-13/h3-7H,1-2H3. The van der Waals surface area contributed by atoms with Crippen molar-refractivity contribution in [1.82, 2.24) is 15.0 Å². The van der Waals surface area contributed by atoms with Gasteiger partial charge in [0.15, 0.2) is 5.65 Å². The monoisotopic (exact) mass is 287 g/mol. The van der Waals surface area contributed by atoms with E-state index in [0.29, 0.717) is 22.3 Å². The third-order valence-corrected chi connectivity index (χ3v) is 3.22. The Kier molecular flexibility index (Phi) is 3.10. The van der Waals surface area contributed by atoms with Crippen LogP contribution in [0.25, 0.3) is 22.3 Å². The van der Waals surface area contributed by atoms with E-state index in [1.54, 1.807) is 6.07 Å². The summed E-state index contributed by atoms with van der Waals surface area (Å²) in [4.78, 5) is 12.6. The molecule has 0 amide bonds. The summed E-state index contributed by atoms with van der Waals surface area (Å²) in [5.74, 6) is -0.332. The van der Waals surface area contributed by atoms with Crippen molar-refractivity contribution in [1.29, 1.82) is 0 Å². The Labute approximate surface area is 120 Å². The van der Waals surface area contributed by atoms with Gasteiger partial charge in [0, 0.05) is 16.6 Å². The van der Waals surface area contributed by atoms with E-state index < -0.39 is 0 Å². The van der Waals surface area contributed by atoms with Gasteiger partial charge in [0.05, 0.1) is 5.69 Å². The van der Waals surface area contributed by atoms with Crippen LogP contribution in [0.2, 0.25) is 5.28 Å². The first-order chi connectivity index (χ1) is 9.54. The number of pyridine rings is 1. The normalized spacial score (nSPS) is 11.0. The van der Waals surface area contributed by atoms with Gasteiger partial charge in [-0.2, -0.15) is 4.98 Å². The van der Waals surface area contributed by atoms with Crippen LogP contribution < -0.4 is 0 Å². The lowest BCUT2D eigenvalue weighted by molar-refractivity contribution is 0.629. The Hall–Kier alpha value is -2.07. The topological polar surface area (TPSA) is 38.7 Å². The van der Waals surface area contributed by atoms with Gasteiger partial charge in [-0.15, -0.1) is 0 Å². The molecule has 0 atom stereocenters. The average molecular weight is 288 g/mol. The lowest BCUT2D eigenvalue weighted by Gasteiger charge is -2.08. The van der Waals surface area contributed by atoms with Crippen molar-refractivity contribution in [3.05, 3.63) is 52.7 Å². The molecule has 2 heterocycles. The maximum Gasteiger partial charge on any atom is 0.225 e. The molecular formula is C15H11ClFN3. The molecule has 2 aromatic heterocycles. The predicted octanol–water partition coefficient (Wildman–Crippen LogP) is 4.10. The van der Waals surface area contributed by atoms with E-state index in [0.717, 1.165) is 11.3 Å². The maximum absolute atomic E-state index is 14.2. The Morgan fingerprint density at radius 3 is 2.55 bits per heavy atom. The molecule has 20 heavy (non-hydrogen) atoms. The van der Waals surface area contributed by atoms with Gasteiger partial charge in [-0.1, -0.05) is 6.07 Å². The highest BCUT2D eigenvalue weighted by Crippen LogP contribution is 2.29. The van der Waals surface area contributed by atoms with Crippen LogP contribution in [-0.2, 0) is 0 Å². The van der Waals surface area contributed by atoms with Crippen molar-refractivity contribution < 1.29 is 4.39 Å². The van der Waals surface area contributed by atoms with Crippen LogP contribution in [0.4, 0.5) is 4.39 Å². The molecule has 100 valence electrons. The number of benzene rings is 1. The van der Waals surface area contributed by atoms with E-state index in [4.69, 9.17) is 11.6 Å². The Morgan fingerprint density at radius 1 is 1.00 bits per heavy atom. The zero-order chi connectivity index (χ0) is 14.3. The minimum atomic E-state index is -0.332. The molecule has 0 saturated heterocycles. The first-order valence-corrected chi connectivity index (χ1v) is 6.50. The number of aryl methyl sites for hydroxylation is 2. The minimum Gasteiger partial charge on any atom is -0.233 e. The minimum absolute atomic E-state index is 0.0607. The Bertz CT molecular complexity index is 812. The smallest absolute Gasteiger partial charge is 0.225 e. The second-order valence-electron chi connectivity index (χ2n) is 4.65. The summed E-state index contributed by atoms with van der Waals surface area (Å²) >= 11 is 5.93. The van der Waals surface area contributed by atoms with Crippen molar-refractivity contribution in [2.45, 2.75) is 13.8 Å². The van der Waals surface area contributed by atoms with Gasteiger partial charge in [0.1, 0.15) is 5.82 Å². The van der Waals surface area contributed by atoms with Crippen molar-refractivity contribution in [2.24, 2.45) is 0 Å². The van der Waals surface area contributed by atoms with Gasteiger partial charge in [-0.3, -0.25) is 0 Å². The van der Waals surface area contributed by atoms with E-state index in [9.17, 15) is 4.39 Å². The second-order valence-corrected chi connectivity index (χ2v) is 4.99. The van der Waals surface area contributed by atoms with Crippen molar-refractivity contribution in [3.8, 4) is 11.3 Å². The number of rotatable bonds is 1. The molecule has 3 aromatic rings. The van der Waals surface area contributed by atoms with Gasteiger partial charge in [0.25, 0.3) is 0 Å². The van der Waals surface area contributed by atoms with Crippen molar-refractivity contribution in [3.63, 3.8) is 0 Å². The highest BCUT2D eigenvalue weighted by atomic mass is 35.5. The zero-order valence-corrected chi connectivity index (χ0v) is 11.7. The molecule has 0 spiro atoms. The fourth-order valence-corrected chi connectivity index (χ4v) is 2.26. The Balaban J connectivity index is 2.35. The van der Waals surface area contributed by atoms with E-state index >= 15 is 0 Å². The predicted molar refractivity (Wildman–Crippen MR) is 77.2 cm³/mol. The number of fused-ring (bicyclic) bond motifs is 1. The molecule has 0 aliphatic heterocycles. The summed E-state index contributed by atoms with van der Waals surface area (Å²) in [5, 5.41) is 0.744. The largest absolute Gasteiger partial charge is 0.233 e. The van der Waals surface area contributed by atoms with Crippen LogP contribution in [0, 0.1) is 19.7 Å². The molecule has 0 unspecified atom stereocenters. The maximum atomic E-state index is 14.2. The van der Waals surface area contributed by atoms with Crippen LogP contribution in [-0.4, -0.2) is 15.0 Å². The van der Waals surface area contributed by atoms with E-state index in [-0.39, 0.29) is 11.1 Å². The van der Waals surface area contributed by atoms with Crippen LogP contribution in [0.5, 0.6) is 0 Å². The number of hydrogen-bond donors (Lipinski definition) is 0. The Morgan fingerprint density at radius 2 is 1.80 bits per heavy atom. The van der Waals surface area contributed by atoms with Gasteiger partial charge in [-0.05, 0) is 55.3 Å².